The second kappa shape index (κ2) is 5.75. The van der Waals surface area contributed by atoms with Gasteiger partial charge in [0.05, 0.1) is 13.2 Å². The van der Waals surface area contributed by atoms with Gasteiger partial charge in [0.15, 0.2) is 11.5 Å². The van der Waals surface area contributed by atoms with E-state index in [0.717, 1.165) is 43.5 Å². The average Bonchev–Trinajstić information content (AvgIpc) is 2.24. The van der Waals surface area contributed by atoms with Crippen LogP contribution < -0.4 is 14.8 Å². The van der Waals surface area contributed by atoms with Gasteiger partial charge in [-0.15, -0.1) is 0 Å². The van der Waals surface area contributed by atoms with Crippen molar-refractivity contribution in [3.8, 4) is 11.5 Å². The maximum absolute atomic E-state index is 5.74. The fourth-order valence-corrected chi connectivity index (χ4v) is 1.73. The van der Waals surface area contributed by atoms with Crippen LogP contribution in [0.3, 0.4) is 0 Å². The summed E-state index contributed by atoms with van der Waals surface area (Å²) in [4.78, 5) is 0. The summed E-state index contributed by atoms with van der Waals surface area (Å²) in [5.74, 6) is 2.49. The van der Waals surface area contributed by atoms with Crippen LogP contribution in [-0.2, 0) is 0 Å². The summed E-state index contributed by atoms with van der Waals surface area (Å²) in [5, 5.41) is 3.26. The van der Waals surface area contributed by atoms with E-state index in [-0.39, 0.29) is 0 Å². The van der Waals surface area contributed by atoms with Gasteiger partial charge in [-0.05, 0) is 44.5 Å². The zero-order valence-corrected chi connectivity index (χ0v) is 9.74. The van der Waals surface area contributed by atoms with Crippen molar-refractivity contribution < 1.29 is 9.47 Å². The summed E-state index contributed by atoms with van der Waals surface area (Å²) in [7, 11) is 0. The predicted molar refractivity (Wildman–Crippen MR) is 64.1 cm³/mol. The molecule has 0 aliphatic carbocycles. The molecule has 2 rings (SSSR count). The van der Waals surface area contributed by atoms with Crippen LogP contribution in [0.1, 0.15) is 13.3 Å². The first-order chi connectivity index (χ1) is 7.90. The molecule has 0 unspecified atom stereocenters. The zero-order chi connectivity index (χ0) is 11.2. The molecule has 1 aromatic rings. The quantitative estimate of drug-likeness (QED) is 0.797. The van der Waals surface area contributed by atoms with Gasteiger partial charge in [0.1, 0.15) is 0 Å². The molecule has 88 valence electrons. The molecule has 16 heavy (non-hydrogen) atoms. The van der Waals surface area contributed by atoms with Gasteiger partial charge in [-0.25, -0.2) is 0 Å². The van der Waals surface area contributed by atoms with Crippen molar-refractivity contribution in [2.75, 3.05) is 26.3 Å². The van der Waals surface area contributed by atoms with E-state index in [4.69, 9.17) is 9.47 Å². The van der Waals surface area contributed by atoms with E-state index in [2.05, 4.69) is 5.32 Å². The van der Waals surface area contributed by atoms with Crippen LogP contribution in [0.15, 0.2) is 24.3 Å². The maximum atomic E-state index is 5.74. The molecule has 0 bridgehead atoms. The Balaban J connectivity index is 1.82. The van der Waals surface area contributed by atoms with Crippen molar-refractivity contribution in [2.45, 2.75) is 13.3 Å². The molecule has 0 saturated carbocycles. The van der Waals surface area contributed by atoms with Crippen LogP contribution >= 0.6 is 0 Å². The first kappa shape index (κ1) is 11.3. The number of nitrogens with one attached hydrogen (secondary N) is 1. The summed E-state index contributed by atoms with van der Waals surface area (Å²) < 4.78 is 11.2. The molecule has 1 heterocycles. The lowest BCUT2D eigenvalue weighted by Gasteiger charge is -2.26. The van der Waals surface area contributed by atoms with Gasteiger partial charge in [0, 0.05) is 0 Å². The number of benzene rings is 1. The van der Waals surface area contributed by atoms with E-state index in [0.29, 0.717) is 6.61 Å². The van der Waals surface area contributed by atoms with Gasteiger partial charge in [0.25, 0.3) is 0 Å². The van der Waals surface area contributed by atoms with Gasteiger partial charge in [-0.1, -0.05) is 12.1 Å². The molecule has 1 aliphatic heterocycles. The largest absolute Gasteiger partial charge is 0.490 e. The Kier molecular flexibility index (Phi) is 4.05. The fourth-order valence-electron chi connectivity index (χ4n) is 1.73. The Bertz CT molecular complexity index is 323. The average molecular weight is 221 g/mol. The molecule has 3 nitrogen and oxygen atoms in total. The van der Waals surface area contributed by atoms with Crippen molar-refractivity contribution in [1.82, 2.24) is 5.32 Å². The minimum absolute atomic E-state index is 0.674. The Morgan fingerprint density at radius 2 is 1.88 bits per heavy atom. The SMILES string of the molecule is CCOc1ccccc1OCCC1CNC1. The molecule has 1 aromatic carbocycles. The van der Waals surface area contributed by atoms with Gasteiger partial charge >= 0.3 is 0 Å². The van der Waals surface area contributed by atoms with E-state index in [9.17, 15) is 0 Å². The first-order valence-electron chi connectivity index (χ1n) is 5.95. The Morgan fingerprint density at radius 3 is 2.44 bits per heavy atom. The first-order valence-corrected chi connectivity index (χ1v) is 5.95. The molecular weight excluding hydrogens is 202 g/mol. The van der Waals surface area contributed by atoms with Crippen LogP contribution in [0.25, 0.3) is 0 Å². The lowest BCUT2D eigenvalue weighted by molar-refractivity contribution is 0.227. The normalized spacial score (nSPS) is 15.6. The van der Waals surface area contributed by atoms with E-state index in [1.165, 1.54) is 0 Å². The summed E-state index contributed by atoms with van der Waals surface area (Å²) >= 11 is 0. The fraction of sp³-hybridized carbons (Fsp3) is 0.538. The predicted octanol–water partition coefficient (Wildman–Crippen LogP) is 2.07. The van der Waals surface area contributed by atoms with Gasteiger partial charge in [-0.2, -0.15) is 0 Å². The molecule has 0 aromatic heterocycles. The Labute approximate surface area is 96.8 Å². The molecule has 1 fully saturated rings. The zero-order valence-electron chi connectivity index (χ0n) is 9.74. The van der Waals surface area contributed by atoms with Crippen molar-refractivity contribution in [1.29, 1.82) is 0 Å². The number of hydrogen-bond donors (Lipinski definition) is 1. The van der Waals surface area contributed by atoms with E-state index in [1.54, 1.807) is 0 Å². The molecule has 3 heteroatoms. The minimum atomic E-state index is 0.674. The third-order valence-corrected chi connectivity index (χ3v) is 2.80. The lowest BCUT2D eigenvalue weighted by Crippen LogP contribution is -2.42. The highest BCUT2D eigenvalue weighted by molar-refractivity contribution is 5.39. The Morgan fingerprint density at radius 1 is 1.19 bits per heavy atom. The number of ether oxygens (including phenoxy) is 2. The van der Waals surface area contributed by atoms with Crippen LogP contribution in [-0.4, -0.2) is 26.3 Å². The molecule has 1 saturated heterocycles. The monoisotopic (exact) mass is 221 g/mol. The Hall–Kier alpha value is -1.22. The third-order valence-electron chi connectivity index (χ3n) is 2.80. The highest BCUT2D eigenvalue weighted by Crippen LogP contribution is 2.26. The second-order valence-electron chi connectivity index (χ2n) is 4.04. The number of para-hydroxylation sites is 2. The molecule has 0 spiro atoms. The van der Waals surface area contributed by atoms with Crippen LogP contribution in [0.5, 0.6) is 11.5 Å². The van der Waals surface area contributed by atoms with Crippen LogP contribution in [0, 0.1) is 5.92 Å². The topological polar surface area (TPSA) is 30.5 Å². The van der Waals surface area contributed by atoms with Crippen molar-refractivity contribution in [3.63, 3.8) is 0 Å². The van der Waals surface area contributed by atoms with Crippen molar-refractivity contribution in [3.05, 3.63) is 24.3 Å². The van der Waals surface area contributed by atoms with Crippen molar-refractivity contribution in [2.24, 2.45) is 5.92 Å². The number of hydrogen-bond acceptors (Lipinski definition) is 3. The molecule has 0 atom stereocenters. The van der Waals surface area contributed by atoms with E-state index < -0.39 is 0 Å². The molecule has 0 amide bonds. The summed E-state index contributed by atoms with van der Waals surface area (Å²) in [6.07, 6.45) is 1.12. The molecule has 0 radical (unpaired) electrons. The lowest BCUT2D eigenvalue weighted by atomic mass is 10.0. The van der Waals surface area contributed by atoms with Crippen LogP contribution in [0.4, 0.5) is 0 Å². The third kappa shape index (κ3) is 2.89. The van der Waals surface area contributed by atoms with E-state index in [1.807, 2.05) is 31.2 Å². The highest BCUT2D eigenvalue weighted by atomic mass is 16.5. The summed E-state index contributed by atoms with van der Waals surface area (Å²) in [5.41, 5.74) is 0. The molecular formula is C13H19NO2. The van der Waals surface area contributed by atoms with Crippen LogP contribution in [0.2, 0.25) is 0 Å². The van der Waals surface area contributed by atoms with Crippen molar-refractivity contribution >= 4 is 0 Å². The second-order valence-corrected chi connectivity index (χ2v) is 4.04. The van der Waals surface area contributed by atoms with Gasteiger partial charge in [-0.3, -0.25) is 0 Å². The summed E-state index contributed by atoms with van der Waals surface area (Å²) in [6.45, 7) is 5.70. The number of rotatable bonds is 6. The smallest absolute Gasteiger partial charge is 0.161 e. The van der Waals surface area contributed by atoms with Gasteiger partial charge in [0.2, 0.25) is 0 Å². The van der Waals surface area contributed by atoms with E-state index >= 15 is 0 Å². The standard InChI is InChI=1S/C13H19NO2/c1-2-15-12-5-3-4-6-13(12)16-8-7-11-9-14-10-11/h3-6,11,14H,2,7-10H2,1H3. The van der Waals surface area contributed by atoms with Gasteiger partial charge < -0.3 is 14.8 Å². The maximum Gasteiger partial charge on any atom is 0.161 e. The highest BCUT2D eigenvalue weighted by Gasteiger charge is 2.16. The molecule has 1 N–H and O–H groups in total. The summed E-state index contributed by atoms with van der Waals surface area (Å²) in [6, 6.07) is 7.85. The molecule has 1 aliphatic rings. The minimum Gasteiger partial charge on any atom is -0.490 e.